The quantitative estimate of drug-likeness (QED) is 0.860. The Morgan fingerprint density at radius 3 is 2.94 bits per heavy atom. The summed E-state index contributed by atoms with van der Waals surface area (Å²) in [4.78, 5) is 4.43. The minimum atomic E-state index is 0.147. The molecule has 3 rings (SSSR count). The van der Waals surface area contributed by atoms with E-state index < -0.39 is 0 Å². The fourth-order valence-corrected chi connectivity index (χ4v) is 2.41. The van der Waals surface area contributed by atoms with Gasteiger partial charge in [-0.2, -0.15) is 4.98 Å². The van der Waals surface area contributed by atoms with E-state index in [1.807, 2.05) is 13.0 Å². The Kier molecular flexibility index (Phi) is 2.48. The van der Waals surface area contributed by atoms with Crippen molar-refractivity contribution < 1.29 is 8.94 Å². The predicted molar refractivity (Wildman–Crippen MR) is 61.3 cm³/mol. The first kappa shape index (κ1) is 10.5. The number of aromatic nitrogens is 2. The maximum absolute atomic E-state index is 6.02. The van der Waals surface area contributed by atoms with Gasteiger partial charge in [-0.15, -0.1) is 0 Å². The Labute approximate surface area is 99.0 Å². The highest BCUT2D eigenvalue weighted by molar-refractivity contribution is 5.56. The third-order valence-corrected chi connectivity index (χ3v) is 3.43. The summed E-state index contributed by atoms with van der Waals surface area (Å²) in [6.45, 7) is 1.88. The zero-order valence-corrected chi connectivity index (χ0v) is 9.72. The van der Waals surface area contributed by atoms with Gasteiger partial charge in [-0.1, -0.05) is 11.6 Å². The maximum Gasteiger partial charge on any atom is 0.231 e. The highest BCUT2D eigenvalue weighted by atomic mass is 16.5. The van der Waals surface area contributed by atoms with Crippen molar-refractivity contribution >= 4 is 0 Å². The van der Waals surface area contributed by atoms with Crippen LogP contribution in [0.25, 0.3) is 11.4 Å². The molecule has 2 atom stereocenters. The van der Waals surface area contributed by atoms with Crippen molar-refractivity contribution in [2.24, 2.45) is 5.73 Å². The van der Waals surface area contributed by atoms with Crippen LogP contribution in [-0.2, 0) is 0 Å². The fraction of sp³-hybridized carbons (Fsp3) is 0.500. The number of rotatable bonds is 2. The van der Waals surface area contributed by atoms with Gasteiger partial charge < -0.3 is 14.7 Å². The number of hydrogen-bond donors (Lipinski definition) is 1. The molecule has 0 saturated heterocycles. The molecule has 1 aliphatic rings. The lowest BCUT2D eigenvalue weighted by atomic mass is 10.1. The van der Waals surface area contributed by atoms with E-state index in [2.05, 4.69) is 10.1 Å². The standard InChI is InChI=1S/C12H15N3O2/c1-7-8(5-6-16-7)11-14-12(17-15-11)9-3-2-4-10(9)13/h5-6,9-10H,2-4,13H2,1H3. The smallest absolute Gasteiger partial charge is 0.231 e. The highest BCUT2D eigenvalue weighted by Crippen LogP contribution is 2.33. The van der Waals surface area contributed by atoms with Gasteiger partial charge in [-0.3, -0.25) is 0 Å². The molecule has 1 fully saturated rings. The van der Waals surface area contributed by atoms with E-state index in [-0.39, 0.29) is 12.0 Å². The van der Waals surface area contributed by atoms with Crippen LogP contribution in [0.4, 0.5) is 0 Å². The molecule has 0 aliphatic heterocycles. The molecule has 0 aromatic carbocycles. The lowest BCUT2D eigenvalue weighted by Crippen LogP contribution is -2.22. The number of aryl methyl sites for hydroxylation is 1. The van der Waals surface area contributed by atoms with E-state index in [0.717, 1.165) is 30.6 Å². The second kappa shape index (κ2) is 4.00. The zero-order valence-electron chi connectivity index (χ0n) is 9.72. The van der Waals surface area contributed by atoms with E-state index in [9.17, 15) is 0 Å². The largest absolute Gasteiger partial charge is 0.469 e. The molecule has 5 heteroatoms. The van der Waals surface area contributed by atoms with Crippen molar-refractivity contribution in [2.45, 2.75) is 38.1 Å². The lowest BCUT2D eigenvalue weighted by Gasteiger charge is -2.08. The normalized spacial score (nSPS) is 24.4. The summed E-state index contributed by atoms with van der Waals surface area (Å²) >= 11 is 0. The molecule has 90 valence electrons. The Morgan fingerprint density at radius 1 is 1.41 bits per heavy atom. The van der Waals surface area contributed by atoms with Crippen LogP contribution in [-0.4, -0.2) is 16.2 Å². The van der Waals surface area contributed by atoms with Crippen molar-refractivity contribution in [2.75, 3.05) is 0 Å². The van der Waals surface area contributed by atoms with Gasteiger partial charge in [0.2, 0.25) is 11.7 Å². The minimum Gasteiger partial charge on any atom is -0.469 e. The number of nitrogens with two attached hydrogens (primary N) is 1. The van der Waals surface area contributed by atoms with Crippen LogP contribution in [0.5, 0.6) is 0 Å². The fourth-order valence-electron chi connectivity index (χ4n) is 2.41. The number of hydrogen-bond acceptors (Lipinski definition) is 5. The molecule has 0 spiro atoms. The van der Waals surface area contributed by atoms with Crippen LogP contribution in [0.15, 0.2) is 21.3 Å². The highest BCUT2D eigenvalue weighted by Gasteiger charge is 2.30. The van der Waals surface area contributed by atoms with Crippen LogP contribution in [0.1, 0.15) is 36.8 Å². The molecule has 1 aliphatic carbocycles. The van der Waals surface area contributed by atoms with Gasteiger partial charge in [-0.05, 0) is 25.8 Å². The summed E-state index contributed by atoms with van der Waals surface area (Å²) in [5, 5.41) is 4.00. The van der Waals surface area contributed by atoms with E-state index >= 15 is 0 Å². The third-order valence-electron chi connectivity index (χ3n) is 3.43. The molecule has 1 saturated carbocycles. The van der Waals surface area contributed by atoms with Gasteiger partial charge >= 0.3 is 0 Å². The zero-order chi connectivity index (χ0) is 11.8. The summed E-state index contributed by atoms with van der Waals surface area (Å²) < 4.78 is 10.5. The van der Waals surface area contributed by atoms with Crippen molar-refractivity contribution in [3.05, 3.63) is 24.0 Å². The predicted octanol–water partition coefficient (Wildman–Crippen LogP) is 2.23. The molecule has 2 unspecified atom stereocenters. The van der Waals surface area contributed by atoms with E-state index in [4.69, 9.17) is 14.7 Å². The van der Waals surface area contributed by atoms with Gasteiger partial charge in [-0.25, -0.2) is 0 Å². The second-order valence-electron chi connectivity index (χ2n) is 4.55. The first-order valence-corrected chi connectivity index (χ1v) is 5.89. The minimum absolute atomic E-state index is 0.147. The first-order valence-electron chi connectivity index (χ1n) is 5.89. The van der Waals surface area contributed by atoms with E-state index in [0.29, 0.717) is 11.7 Å². The first-order chi connectivity index (χ1) is 8.25. The second-order valence-corrected chi connectivity index (χ2v) is 4.55. The van der Waals surface area contributed by atoms with Gasteiger partial charge in [0, 0.05) is 6.04 Å². The Balaban J connectivity index is 1.90. The summed E-state index contributed by atoms with van der Waals surface area (Å²) in [5.41, 5.74) is 6.90. The molecule has 2 heterocycles. The maximum atomic E-state index is 6.02. The van der Waals surface area contributed by atoms with Gasteiger partial charge in [0.1, 0.15) is 5.76 Å². The van der Waals surface area contributed by atoms with Crippen LogP contribution < -0.4 is 5.73 Å². The summed E-state index contributed by atoms with van der Waals surface area (Å²) in [6.07, 6.45) is 4.83. The van der Waals surface area contributed by atoms with E-state index in [1.54, 1.807) is 6.26 Å². The number of furan rings is 1. The van der Waals surface area contributed by atoms with Crippen molar-refractivity contribution in [3.63, 3.8) is 0 Å². The molecular weight excluding hydrogens is 218 g/mol. The molecule has 0 bridgehead atoms. The Morgan fingerprint density at radius 2 is 2.29 bits per heavy atom. The monoisotopic (exact) mass is 233 g/mol. The van der Waals surface area contributed by atoms with Gasteiger partial charge in [0.25, 0.3) is 0 Å². The van der Waals surface area contributed by atoms with Crippen LogP contribution in [0.3, 0.4) is 0 Å². The summed E-state index contributed by atoms with van der Waals surface area (Å²) in [7, 11) is 0. The topological polar surface area (TPSA) is 78.1 Å². The average Bonchev–Trinajstić information content (AvgIpc) is 2.97. The molecule has 0 radical (unpaired) electrons. The van der Waals surface area contributed by atoms with Crippen LogP contribution >= 0.6 is 0 Å². The molecular formula is C12H15N3O2. The Bertz CT molecular complexity index is 517. The van der Waals surface area contributed by atoms with Gasteiger partial charge in [0.05, 0.1) is 17.7 Å². The van der Waals surface area contributed by atoms with Crippen molar-refractivity contribution in [1.29, 1.82) is 0 Å². The molecule has 2 aromatic rings. The van der Waals surface area contributed by atoms with Crippen LogP contribution in [0, 0.1) is 6.92 Å². The molecule has 2 N–H and O–H groups in total. The van der Waals surface area contributed by atoms with E-state index in [1.165, 1.54) is 0 Å². The van der Waals surface area contributed by atoms with Gasteiger partial charge in [0.15, 0.2) is 0 Å². The third kappa shape index (κ3) is 1.76. The average molecular weight is 233 g/mol. The van der Waals surface area contributed by atoms with Crippen molar-refractivity contribution in [1.82, 2.24) is 10.1 Å². The Hall–Kier alpha value is -1.62. The van der Waals surface area contributed by atoms with Crippen molar-refractivity contribution in [3.8, 4) is 11.4 Å². The molecule has 17 heavy (non-hydrogen) atoms. The summed E-state index contributed by atoms with van der Waals surface area (Å²) in [6, 6.07) is 1.99. The SMILES string of the molecule is Cc1occc1-c1noc(C2CCCC2N)n1. The molecule has 0 amide bonds. The van der Waals surface area contributed by atoms with Crippen LogP contribution in [0.2, 0.25) is 0 Å². The number of nitrogens with zero attached hydrogens (tertiary/aromatic N) is 2. The summed E-state index contributed by atoms with van der Waals surface area (Å²) in [5.74, 6) is 2.26. The molecule has 5 nitrogen and oxygen atoms in total. The molecule has 2 aromatic heterocycles. The lowest BCUT2D eigenvalue weighted by molar-refractivity contribution is 0.345.